The second-order valence-corrected chi connectivity index (χ2v) is 5.36. The Morgan fingerprint density at radius 1 is 1.39 bits per heavy atom. The second-order valence-electron chi connectivity index (χ2n) is 4.95. The molecule has 1 aromatic heterocycles. The standard InChI is InChI=1S/C15H16ClNO/c1-2-11-9-10-5-3-8-13(16)14(10)15(18)17(11)12-6-4-7-12/h3,5,8-9,12H,2,4,6-7H2,1H3. The minimum absolute atomic E-state index is 0.0830. The van der Waals surface area contributed by atoms with E-state index in [4.69, 9.17) is 11.6 Å². The Morgan fingerprint density at radius 3 is 2.78 bits per heavy atom. The lowest BCUT2D eigenvalue weighted by atomic mass is 9.91. The van der Waals surface area contributed by atoms with Gasteiger partial charge in [0, 0.05) is 11.7 Å². The molecule has 0 saturated heterocycles. The first kappa shape index (κ1) is 11.8. The van der Waals surface area contributed by atoms with Crippen LogP contribution in [0.5, 0.6) is 0 Å². The Kier molecular flexibility index (Phi) is 2.90. The second kappa shape index (κ2) is 4.43. The summed E-state index contributed by atoms with van der Waals surface area (Å²) in [5.41, 5.74) is 1.21. The zero-order valence-corrected chi connectivity index (χ0v) is 11.2. The summed E-state index contributed by atoms with van der Waals surface area (Å²) in [6.07, 6.45) is 4.33. The Bertz CT molecular complexity index is 655. The van der Waals surface area contributed by atoms with E-state index in [-0.39, 0.29) is 5.56 Å². The smallest absolute Gasteiger partial charge is 0.260 e. The molecule has 0 bridgehead atoms. The van der Waals surface area contributed by atoms with Crippen molar-refractivity contribution in [1.29, 1.82) is 0 Å². The molecule has 0 radical (unpaired) electrons. The SMILES string of the molecule is CCc1cc2cccc(Cl)c2c(=O)n1C1CCC1. The largest absolute Gasteiger partial charge is 0.309 e. The van der Waals surface area contributed by atoms with Crippen LogP contribution in [-0.4, -0.2) is 4.57 Å². The van der Waals surface area contributed by atoms with Crippen LogP contribution in [0.2, 0.25) is 5.02 Å². The molecule has 0 atom stereocenters. The first-order chi connectivity index (χ1) is 8.72. The fourth-order valence-corrected chi connectivity index (χ4v) is 2.97. The Balaban J connectivity index is 2.36. The van der Waals surface area contributed by atoms with Gasteiger partial charge in [-0.05, 0) is 43.2 Å². The number of aryl methyl sites for hydroxylation is 1. The summed E-state index contributed by atoms with van der Waals surface area (Å²) in [7, 11) is 0. The summed E-state index contributed by atoms with van der Waals surface area (Å²) in [4.78, 5) is 12.6. The molecular formula is C15H16ClNO. The highest BCUT2D eigenvalue weighted by Crippen LogP contribution is 2.33. The number of pyridine rings is 1. The predicted octanol–water partition coefficient (Wildman–Crippen LogP) is 3.94. The average molecular weight is 262 g/mol. The zero-order valence-electron chi connectivity index (χ0n) is 10.4. The van der Waals surface area contributed by atoms with Crippen LogP contribution in [0.15, 0.2) is 29.1 Å². The maximum atomic E-state index is 12.6. The third-order valence-electron chi connectivity index (χ3n) is 3.91. The van der Waals surface area contributed by atoms with Crippen molar-refractivity contribution in [2.24, 2.45) is 0 Å². The highest BCUT2D eigenvalue weighted by molar-refractivity contribution is 6.35. The third kappa shape index (κ3) is 1.67. The van der Waals surface area contributed by atoms with Gasteiger partial charge in [-0.3, -0.25) is 4.79 Å². The van der Waals surface area contributed by atoms with E-state index in [1.807, 2.05) is 16.7 Å². The van der Waals surface area contributed by atoms with Gasteiger partial charge in [0.15, 0.2) is 0 Å². The minimum Gasteiger partial charge on any atom is -0.309 e. The van der Waals surface area contributed by atoms with Gasteiger partial charge in [-0.1, -0.05) is 30.7 Å². The Hall–Kier alpha value is -1.28. The lowest BCUT2D eigenvalue weighted by Crippen LogP contribution is -2.31. The predicted molar refractivity (Wildman–Crippen MR) is 75.5 cm³/mol. The van der Waals surface area contributed by atoms with Crippen molar-refractivity contribution in [3.8, 4) is 0 Å². The maximum Gasteiger partial charge on any atom is 0.260 e. The molecule has 94 valence electrons. The summed E-state index contributed by atoms with van der Waals surface area (Å²) in [5, 5.41) is 2.19. The first-order valence-electron chi connectivity index (χ1n) is 6.55. The van der Waals surface area contributed by atoms with Crippen molar-refractivity contribution in [2.45, 2.75) is 38.6 Å². The Labute approximate surface area is 111 Å². The van der Waals surface area contributed by atoms with Gasteiger partial charge in [-0.2, -0.15) is 0 Å². The number of hydrogen-bond acceptors (Lipinski definition) is 1. The lowest BCUT2D eigenvalue weighted by Gasteiger charge is -2.30. The molecule has 0 spiro atoms. The van der Waals surface area contributed by atoms with Crippen LogP contribution in [-0.2, 0) is 6.42 Å². The van der Waals surface area contributed by atoms with Crippen molar-refractivity contribution >= 4 is 22.4 Å². The molecule has 3 rings (SSSR count). The highest BCUT2D eigenvalue weighted by atomic mass is 35.5. The van der Waals surface area contributed by atoms with Crippen LogP contribution < -0.4 is 5.56 Å². The molecule has 2 aromatic rings. The number of nitrogens with zero attached hydrogens (tertiary/aromatic N) is 1. The number of rotatable bonds is 2. The molecule has 0 unspecified atom stereocenters. The minimum atomic E-state index is 0.0830. The summed E-state index contributed by atoms with van der Waals surface area (Å²) in [6, 6.07) is 8.15. The summed E-state index contributed by atoms with van der Waals surface area (Å²) in [6.45, 7) is 2.10. The zero-order chi connectivity index (χ0) is 12.7. The van der Waals surface area contributed by atoms with E-state index in [1.165, 1.54) is 6.42 Å². The molecule has 2 nitrogen and oxygen atoms in total. The molecule has 0 N–H and O–H groups in total. The van der Waals surface area contributed by atoms with Crippen LogP contribution >= 0.6 is 11.6 Å². The first-order valence-corrected chi connectivity index (χ1v) is 6.93. The van der Waals surface area contributed by atoms with Gasteiger partial charge >= 0.3 is 0 Å². The molecule has 1 aromatic carbocycles. The van der Waals surface area contributed by atoms with Crippen molar-refractivity contribution in [1.82, 2.24) is 4.57 Å². The normalized spacial score (nSPS) is 15.9. The topological polar surface area (TPSA) is 22.0 Å². The molecular weight excluding hydrogens is 246 g/mol. The summed E-state index contributed by atoms with van der Waals surface area (Å²) < 4.78 is 1.97. The number of aromatic nitrogens is 1. The molecule has 1 aliphatic carbocycles. The fraction of sp³-hybridized carbons (Fsp3) is 0.400. The number of benzene rings is 1. The van der Waals surface area contributed by atoms with Gasteiger partial charge in [-0.25, -0.2) is 0 Å². The van der Waals surface area contributed by atoms with E-state index in [1.54, 1.807) is 6.07 Å². The van der Waals surface area contributed by atoms with Crippen LogP contribution in [0.4, 0.5) is 0 Å². The van der Waals surface area contributed by atoms with E-state index in [9.17, 15) is 4.79 Å². The monoisotopic (exact) mass is 261 g/mol. The van der Waals surface area contributed by atoms with Crippen molar-refractivity contribution in [3.05, 3.63) is 45.3 Å². The van der Waals surface area contributed by atoms with Gasteiger partial charge in [-0.15, -0.1) is 0 Å². The van der Waals surface area contributed by atoms with Crippen LogP contribution in [0.3, 0.4) is 0 Å². The van der Waals surface area contributed by atoms with Crippen LogP contribution in [0.1, 0.15) is 37.9 Å². The molecule has 1 heterocycles. The van der Waals surface area contributed by atoms with Gasteiger partial charge in [0.05, 0.1) is 10.4 Å². The third-order valence-corrected chi connectivity index (χ3v) is 4.23. The summed E-state index contributed by atoms with van der Waals surface area (Å²) >= 11 is 6.18. The van der Waals surface area contributed by atoms with Crippen LogP contribution in [0.25, 0.3) is 10.8 Å². The van der Waals surface area contributed by atoms with Gasteiger partial charge < -0.3 is 4.57 Å². The number of fused-ring (bicyclic) bond motifs is 1. The molecule has 1 aliphatic rings. The van der Waals surface area contributed by atoms with Gasteiger partial charge in [0.2, 0.25) is 0 Å². The van der Waals surface area contributed by atoms with E-state index >= 15 is 0 Å². The Morgan fingerprint density at radius 2 is 2.17 bits per heavy atom. The molecule has 0 amide bonds. The van der Waals surface area contributed by atoms with Crippen molar-refractivity contribution in [2.75, 3.05) is 0 Å². The van der Waals surface area contributed by atoms with E-state index < -0.39 is 0 Å². The molecule has 18 heavy (non-hydrogen) atoms. The van der Waals surface area contributed by atoms with Crippen LogP contribution in [0, 0.1) is 0 Å². The van der Waals surface area contributed by atoms with E-state index in [0.29, 0.717) is 16.5 Å². The summed E-state index contributed by atoms with van der Waals surface area (Å²) in [5.74, 6) is 0. The molecule has 0 aliphatic heterocycles. The molecule has 3 heteroatoms. The number of hydrogen-bond donors (Lipinski definition) is 0. The number of halogens is 1. The van der Waals surface area contributed by atoms with Gasteiger partial charge in [0.1, 0.15) is 0 Å². The van der Waals surface area contributed by atoms with E-state index in [2.05, 4.69) is 13.0 Å². The molecule has 1 fully saturated rings. The average Bonchev–Trinajstić information content (AvgIpc) is 2.30. The quantitative estimate of drug-likeness (QED) is 0.803. The maximum absolute atomic E-state index is 12.6. The van der Waals surface area contributed by atoms with Gasteiger partial charge in [0.25, 0.3) is 5.56 Å². The van der Waals surface area contributed by atoms with Crippen molar-refractivity contribution < 1.29 is 0 Å². The van der Waals surface area contributed by atoms with Crippen molar-refractivity contribution in [3.63, 3.8) is 0 Å². The highest BCUT2D eigenvalue weighted by Gasteiger charge is 2.23. The lowest BCUT2D eigenvalue weighted by molar-refractivity contribution is 0.301. The fourth-order valence-electron chi connectivity index (χ4n) is 2.70. The molecule has 1 saturated carbocycles. The van der Waals surface area contributed by atoms with E-state index in [0.717, 1.165) is 30.3 Å².